The third kappa shape index (κ3) is 4.31. The molecule has 0 saturated heterocycles. The van der Waals surface area contributed by atoms with E-state index in [2.05, 4.69) is 18.0 Å². The van der Waals surface area contributed by atoms with Gasteiger partial charge < -0.3 is 10.1 Å². The molecule has 0 fully saturated rings. The van der Waals surface area contributed by atoms with Gasteiger partial charge in [-0.25, -0.2) is 0 Å². The van der Waals surface area contributed by atoms with Crippen LogP contribution in [0.25, 0.3) is 0 Å². The highest BCUT2D eigenvalue weighted by Crippen LogP contribution is 2.17. The van der Waals surface area contributed by atoms with E-state index in [9.17, 15) is 4.79 Å². The average Bonchev–Trinajstić information content (AvgIpc) is 2.24. The summed E-state index contributed by atoms with van der Waals surface area (Å²) in [6.07, 6.45) is 1.14. The zero-order valence-corrected chi connectivity index (χ0v) is 10.6. The Bertz CT molecular complexity index is 392. The first kappa shape index (κ1) is 13.3. The molecule has 3 heteroatoms. The summed E-state index contributed by atoms with van der Waals surface area (Å²) in [4.78, 5) is 11.6. The monoisotopic (exact) mass is 233 g/mol. The number of aryl methyl sites for hydroxylation is 2. The quantitative estimate of drug-likeness (QED) is 0.793. The van der Waals surface area contributed by atoms with Gasteiger partial charge in [0.1, 0.15) is 5.75 Å². The fourth-order valence-corrected chi connectivity index (χ4v) is 1.58. The van der Waals surface area contributed by atoms with Crippen LogP contribution in [0.5, 0.6) is 5.75 Å². The molecule has 1 aromatic carbocycles. The zero-order valence-electron chi connectivity index (χ0n) is 10.6. The molecule has 17 heavy (non-hydrogen) atoms. The van der Waals surface area contributed by atoms with Gasteiger partial charge in [-0.15, -0.1) is 6.58 Å². The molecule has 0 spiro atoms. The standard InChI is InChI=1S/C14H19NO2/c1-5-6-15-14(16)12(4)17-13-8-10(2)7-11(3)9-13/h5,7-9,12H,1,6H2,2-4H3,(H,15,16). The molecule has 0 aromatic heterocycles. The van der Waals surface area contributed by atoms with Gasteiger partial charge in [-0.1, -0.05) is 12.1 Å². The molecule has 0 bridgehead atoms. The number of carbonyl (C=O) groups excluding carboxylic acids is 1. The molecule has 1 atom stereocenters. The minimum atomic E-state index is -0.504. The van der Waals surface area contributed by atoms with E-state index < -0.39 is 6.10 Å². The summed E-state index contributed by atoms with van der Waals surface area (Å²) in [5.41, 5.74) is 2.25. The van der Waals surface area contributed by atoms with Crippen molar-refractivity contribution in [1.29, 1.82) is 0 Å². The highest BCUT2D eigenvalue weighted by Gasteiger charge is 2.13. The Balaban J connectivity index is 2.63. The molecule has 1 amide bonds. The van der Waals surface area contributed by atoms with Gasteiger partial charge in [0, 0.05) is 6.54 Å². The molecule has 1 aromatic rings. The van der Waals surface area contributed by atoms with Gasteiger partial charge in [0.25, 0.3) is 5.91 Å². The molecule has 1 unspecified atom stereocenters. The number of benzene rings is 1. The Labute approximate surface area is 102 Å². The summed E-state index contributed by atoms with van der Waals surface area (Å²) in [7, 11) is 0. The van der Waals surface area contributed by atoms with E-state index in [1.807, 2.05) is 26.0 Å². The van der Waals surface area contributed by atoms with Gasteiger partial charge in [-0.3, -0.25) is 4.79 Å². The van der Waals surface area contributed by atoms with Crippen LogP contribution in [0.3, 0.4) is 0 Å². The van der Waals surface area contributed by atoms with Crippen molar-refractivity contribution in [3.8, 4) is 5.75 Å². The molecule has 0 radical (unpaired) electrons. The van der Waals surface area contributed by atoms with Crippen molar-refractivity contribution in [3.63, 3.8) is 0 Å². The van der Waals surface area contributed by atoms with Crippen LogP contribution in [0.2, 0.25) is 0 Å². The van der Waals surface area contributed by atoms with Gasteiger partial charge in [-0.2, -0.15) is 0 Å². The number of ether oxygens (including phenoxy) is 1. The second-order valence-electron chi connectivity index (χ2n) is 4.12. The van der Waals surface area contributed by atoms with E-state index in [1.54, 1.807) is 13.0 Å². The van der Waals surface area contributed by atoms with Crippen molar-refractivity contribution >= 4 is 5.91 Å². The van der Waals surface area contributed by atoms with E-state index in [4.69, 9.17) is 4.74 Å². The van der Waals surface area contributed by atoms with Crippen LogP contribution in [0.1, 0.15) is 18.1 Å². The topological polar surface area (TPSA) is 38.3 Å². The molecule has 1 rings (SSSR count). The second kappa shape index (κ2) is 6.09. The fourth-order valence-electron chi connectivity index (χ4n) is 1.58. The first-order valence-electron chi connectivity index (χ1n) is 5.66. The van der Waals surface area contributed by atoms with Crippen LogP contribution >= 0.6 is 0 Å². The maximum atomic E-state index is 11.6. The Morgan fingerprint density at radius 2 is 2.00 bits per heavy atom. The lowest BCUT2D eigenvalue weighted by molar-refractivity contribution is -0.127. The predicted molar refractivity (Wildman–Crippen MR) is 69.2 cm³/mol. The number of carbonyl (C=O) groups is 1. The highest BCUT2D eigenvalue weighted by atomic mass is 16.5. The fraction of sp³-hybridized carbons (Fsp3) is 0.357. The third-order valence-corrected chi connectivity index (χ3v) is 2.30. The summed E-state index contributed by atoms with van der Waals surface area (Å²) in [6.45, 7) is 9.74. The van der Waals surface area contributed by atoms with Crippen LogP contribution in [-0.2, 0) is 4.79 Å². The molecule has 0 heterocycles. The third-order valence-electron chi connectivity index (χ3n) is 2.30. The van der Waals surface area contributed by atoms with Crippen molar-refractivity contribution in [2.24, 2.45) is 0 Å². The van der Waals surface area contributed by atoms with Crippen molar-refractivity contribution in [1.82, 2.24) is 5.32 Å². The van der Waals surface area contributed by atoms with Crippen LogP contribution in [-0.4, -0.2) is 18.6 Å². The highest BCUT2D eigenvalue weighted by molar-refractivity contribution is 5.80. The summed E-state index contributed by atoms with van der Waals surface area (Å²) < 4.78 is 5.59. The molecule has 92 valence electrons. The normalized spacial score (nSPS) is 11.7. The number of nitrogens with one attached hydrogen (secondary N) is 1. The van der Waals surface area contributed by atoms with E-state index in [0.717, 1.165) is 16.9 Å². The number of amides is 1. The van der Waals surface area contributed by atoms with E-state index in [1.165, 1.54) is 0 Å². The Morgan fingerprint density at radius 1 is 1.41 bits per heavy atom. The van der Waals surface area contributed by atoms with Crippen molar-refractivity contribution in [2.75, 3.05) is 6.54 Å². The van der Waals surface area contributed by atoms with Crippen molar-refractivity contribution < 1.29 is 9.53 Å². The summed E-state index contributed by atoms with van der Waals surface area (Å²) in [5, 5.41) is 2.70. The van der Waals surface area contributed by atoms with Crippen LogP contribution in [0, 0.1) is 13.8 Å². The minimum absolute atomic E-state index is 0.135. The van der Waals surface area contributed by atoms with Crippen LogP contribution in [0.4, 0.5) is 0 Å². The predicted octanol–water partition coefficient (Wildman–Crippen LogP) is 2.37. The largest absolute Gasteiger partial charge is 0.481 e. The van der Waals surface area contributed by atoms with Gasteiger partial charge in [-0.05, 0) is 44.0 Å². The molecule has 3 nitrogen and oxygen atoms in total. The van der Waals surface area contributed by atoms with Gasteiger partial charge in [0.05, 0.1) is 0 Å². The lowest BCUT2D eigenvalue weighted by Crippen LogP contribution is -2.36. The molecule has 0 saturated carbocycles. The average molecular weight is 233 g/mol. The lowest BCUT2D eigenvalue weighted by atomic mass is 10.1. The van der Waals surface area contributed by atoms with Gasteiger partial charge in [0.15, 0.2) is 6.10 Å². The molecular formula is C14H19NO2. The number of hydrogen-bond acceptors (Lipinski definition) is 2. The molecule has 0 aliphatic heterocycles. The molecule has 1 N–H and O–H groups in total. The Kier molecular flexibility index (Phi) is 4.76. The molecule has 0 aliphatic rings. The Morgan fingerprint density at radius 3 is 2.53 bits per heavy atom. The lowest BCUT2D eigenvalue weighted by Gasteiger charge is -2.15. The smallest absolute Gasteiger partial charge is 0.261 e. The Hall–Kier alpha value is -1.77. The van der Waals surface area contributed by atoms with Crippen LogP contribution < -0.4 is 10.1 Å². The molecular weight excluding hydrogens is 214 g/mol. The summed E-state index contributed by atoms with van der Waals surface area (Å²) in [6, 6.07) is 5.91. The number of hydrogen-bond donors (Lipinski definition) is 1. The summed E-state index contributed by atoms with van der Waals surface area (Å²) in [5.74, 6) is 0.591. The maximum absolute atomic E-state index is 11.6. The van der Waals surface area contributed by atoms with Gasteiger partial charge in [0.2, 0.25) is 0 Å². The first-order valence-corrected chi connectivity index (χ1v) is 5.66. The van der Waals surface area contributed by atoms with E-state index >= 15 is 0 Å². The SMILES string of the molecule is C=CCNC(=O)C(C)Oc1cc(C)cc(C)c1. The minimum Gasteiger partial charge on any atom is -0.481 e. The maximum Gasteiger partial charge on any atom is 0.261 e. The summed E-state index contributed by atoms with van der Waals surface area (Å²) >= 11 is 0. The zero-order chi connectivity index (χ0) is 12.8. The second-order valence-corrected chi connectivity index (χ2v) is 4.12. The van der Waals surface area contributed by atoms with E-state index in [-0.39, 0.29) is 5.91 Å². The van der Waals surface area contributed by atoms with Crippen molar-refractivity contribution in [2.45, 2.75) is 26.9 Å². The van der Waals surface area contributed by atoms with Gasteiger partial charge >= 0.3 is 0 Å². The first-order chi connectivity index (χ1) is 8.02. The van der Waals surface area contributed by atoms with Crippen LogP contribution in [0.15, 0.2) is 30.9 Å². The van der Waals surface area contributed by atoms with E-state index in [0.29, 0.717) is 6.54 Å². The van der Waals surface area contributed by atoms with Crippen molar-refractivity contribution in [3.05, 3.63) is 42.0 Å². The number of rotatable bonds is 5. The molecule has 0 aliphatic carbocycles.